The van der Waals surface area contributed by atoms with E-state index in [1.807, 2.05) is 6.92 Å². The predicted molar refractivity (Wildman–Crippen MR) is 90.5 cm³/mol. The number of aryl methyl sites for hydroxylation is 1. The summed E-state index contributed by atoms with van der Waals surface area (Å²) in [5.74, 6) is 1.96. The van der Waals surface area contributed by atoms with Gasteiger partial charge in [0.1, 0.15) is 11.5 Å². The normalized spacial score (nSPS) is 25.0. The van der Waals surface area contributed by atoms with Gasteiger partial charge in [-0.05, 0) is 57.8 Å². The number of carbonyl (C=O) groups excluding carboxylic acids is 1. The molecule has 1 aliphatic heterocycles. The van der Waals surface area contributed by atoms with Gasteiger partial charge >= 0.3 is 6.03 Å². The molecule has 0 aromatic carbocycles. The third kappa shape index (κ3) is 3.89. The third-order valence-corrected chi connectivity index (χ3v) is 5.10. The largest absolute Gasteiger partial charge is 0.466 e. The summed E-state index contributed by atoms with van der Waals surface area (Å²) < 4.78 is 5.84. The summed E-state index contributed by atoms with van der Waals surface area (Å²) in [6, 6.07) is 2.35. The van der Waals surface area contributed by atoms with Crippen LogP contribution in [0.1, 0.15) is 56.2 Å². The molecule has 1 atom stereocenters. The summed E-state index contributed by atoms with van der Waals surface area (Å²) >= 11 is 0. The SMILES string of the molecule is Cc1cc2c(o1)CC(C)(C)CC2NC(=O)NC1CCN(C)CC1. The number of carbonyl (C=O) groups is 1. The van der Waals surface area contributed by atoms with E-state index in [1.54, 1.807) is 0 Å². The minimum absolute atomic E-state index is 0.0393. The lowest BCUT2D eigenvalue weighted by molar-refractivity contribution is 0.200. The standard InChI is InChI=1S/C18H29N3O2/c1-12-9-14-15(10-18(2,3)11-16(14)23-12)20-17(22)19-13-5-7-21(4)8-6-13/h9,13,15H,5-8,10-11H2,1-4H3,(H2,19,20,22). The van der Waals surface area contributed by atoms with Crippen molar-refractivity contribution in [3.8, 4) is 0 Å². The van der Waals surface area contributed by atoms with Gasteiger partial charge in [-0.2, -0.15) is 0 Å². The first-order valence-corrected chi connectivity index (χ1v) is 8.67. The molecule has 0 saturated carbocycles. The van der Waals surface area contributed by atoms with Crippen LogP contribution in [-0.2, 0) is 6.42 Å². The van der Waals surface area contributed by atoms with Gasteiger partial charge in [-0.3, -0.25) is 0 Å². The number of rotatable bonds is 2. The van der Waals surface area contributed by atoms with Gasteiger partial charge in [-0.25, -0.2) is 4.79 Å². The molecule has 0 radical (unpaired) electrons. The number of hydrogen-bond donors (Lipinski definition) is 2. The number of likely N-dealkylation sites (tertiary alicyclic amines) is 1. The Bertz CT molecular complexity index is 571. The average molecular weight is 319 g/mol. The minimum Gasteiger partial charge on any atom is -0.466 e. The highest BCUT2D eigenvalue weighted by Gasteiger charge is 2.35. The number of urea groups is 1. The average Bonchev–Trinajstić information content (AvgIpc) is 2.80. The van der Waals surface area contributed by atoms with E-state index in [0.717, 1.165) is 55.9 Å². The number of amides is 2. The maximum atomic E-state index is 12.4. The molecule has 5 heteroatoms. The van der Waals surface area contributed by atoms with Crippen molar-refractivity contribution in [3.05, 3.63) is 23.2 Å². The van der Waals surface area contributed by atoms with Gasteiger partial charge < -0.3 is 20.0 Å². The molecule has 1 aromatic rings. The third-order valence-electron chi connectivity index (χ3n) is 5.10. The van der Waals surface area contributed by atoms with Crippen molar-refractivity contribution < 1.29 is 9.21 Å². The fourth-order valence-electron chi connectivity index (χ4n) is 3.85. The molecule has 2 amide bonds. The van der Waals surface area contributed by atoms with Crippen molar-refractivity contribution >= 4 is 6.03 Å². The Morgan fingerprint density at radius 2 is 2.00 bits per heavy atom. The van der Waals surface area contributed by atoms with Gasteiger partial charge in [0.2, 0.25) is 0 Å². The smallest absolute Gasteiger partial charge is 0.315 e. The van der Waals surface area contributed by atoms with E-state index >= 15 is 0 Å². The molecule has 3 rings (SSSR count). The zero-order valence-electron chi connectivity index (χ0n) is 14.7. The maximum absolute atomic E-state index is 12.4. The number of nitrogens with one attached hydrogen (secondary N) is 2. The van der Waals surface area contributed by atoms with Crippen molar-refractivity contribution in [1.82, 2.24) is 15.5 Å². The van der Waals surface area contributed by atoms with Gasteiger partial charge in [0, 0.05) is 18.0 Å². The van der Waals surface area contributed by atoms with E-state index in [-0.39, 0.29) is 23.5 Å². The van der Waals surface area contributed by atoms with E-state index in [1.165, 1.54) is 0 Å². The Morgan fingerprint density at radius 3 is 2.70 bits per heavy atom. The lowest BCUT2D eigenvalue weighted by Crippen LogP contribution is -2.48. The van der Waals surface area contributed by atoms with Crippen LogP contribution in [0.4, 0.5) is 4.79 Å². The van der Waals surface area contributed by atoms with E-state index in [4.69, 9.17) is 4.42 Å². The molecule has 1 fully saturated rings. The Kier molecular flexibility index (Phi) is 4.41. The molecular weight excluding hydrogens is 290 g/mol. The predicted octanol–water partition coefficient (Wildman–Crippen LogP) is 2.99. The van der Waals surface area contributed by atoms with Gasteiger partial charge in [0.25, 0.3) is 0 Å². The van der Waals surface area contributed by atoms with Crippen LogP contribution in [0.3, 0.4) is 0 Å². The summed E-state index contributed by atoms with van der Waals surface area (Å²) in [6.45, 7) is 8.54. The monoisotopic (exact) mass is 319 g/mol. The zero-order valence-corrected chi connectivity index (χ0v) is 14.7. The van der Waals surface area contributed by atoms with Crippen molar-refractivity contribution in [3.63, 3.8) is 0 Å². The number of hydrogen-bond acceptors (Lipinski definition) is 3. The quantitative estimate of drug-likeness (QED) is 0.881. The van der Waals surface area contributed by atoms with E-state index in [0.29, 0.717) is 0 Å². The van der Waals surface area contributed by atoms with Gasteiger partial charge in [-0.1, -0.05) is 13.8 Å². The lowest BCUT2D eigenvalue weighted by atomic mass is 9.75. The van der Waals surface area contributed by atoms with Crippen molar-refractivity contribution in [2.24, 2.45) is 5.41 Å². The second kappa shape index (κ2) is 6.19. The Hall–Kier alpha value is -1.49. The Balaban J connectivity index is 1.63. The highest BCUT2D eigenvalue weighted by atomic mass is 16.3. The van der Waals surface area contributed by atoms with Crippen LogP contribution >= 0.6 is 0 Å². The number of fused-ring (bicyclic) bond motifs is 1. The van der Waals surface area contributed by atoms with Crippen molar-refractivity contribution in [2.45, 2.75) is 58.5 Å². The second-order valence-corrected chi connectivity index (χ2v) is 8.03. The number of nitrogens with zero attached hydrogens (tertiary/aromatic N) is 1. The molecule has 128 valence electrons. The van der Waals surface area contributed by atoms with Gasteiger partial charge in [0.05, 0.1) is 6.04 Å². The first kappa shape index (κ1) is 16.4. The van der Waals surface area contributed by atoms with Crippen molar-refractivity contribution in [2.75, 3.05) is 20.1 Å². The van der Waals surface area contributed by atoms with Crippen LogP contribution in [0, 0.1) is 12.3 Å². The molecule has 1 aliphatic carbocycles. The highest BCUT2D eigenvalue weighted by molar-refractivity contribution is 5.75. The number of furan rings is 1. The van der Waals surface area contributed by atoms with Crippen LogP contribution in [0.25, 0.3) is 0 Å². The second-order valence-electron chi connectivity index (χ2n) is 8.03. The summed E-state index contributed by atoms with van der Waals surface area (Å²) in [4.78, 5) is 14.7. The molecule has 23 heavy (non-hydrogen) atoms. The minimum atomic E-state index is -0.0490. The van der Waals surface area contributed by atoms with Crippen LogP contribution < -0.4 is 10.6 Å². The van der Waals surface area contributed by atoms with Crippen LogP contribution in [-0.4, -0.2) is 37.1 Å². The molecule has 1 saturated heterocycles. The molecule has 0 bridgehead atoms. The Labute approximate surface area is 138 Å². The van der Waals surface area contributed by atoms with E-state index in [9.17, 15) is 4.79 Å². The fraction of sp³-hybridized carbons (Fsp3) is 0.722. The molecule has 5 nitrogen and oxygen atoms in total. The molecule has 2 aliphatic rings. The maximum Gasteiger partial charge on any atom is 0.315 e. The summed E-state index contributed by atoms with van der Waals surface area (Å²) in [5.41, 5.74) is 1.29. The van der Waals surface area contributed by atoms with Crippen LogP contribution in [0.2, 0.25) is 0 Å². The molecule has 1 unspecified atom stereocenters. The summed E-state index contributed by atoms with van der Waals surface area (Å²) in [5, 5.41) is 6.32. The highest BCUT2D eigenvalue weighted by Crippen LogP contribution is 2.41. The zero-order chi connectivity index (χ0) is 16.6. The molecule has 2 N–H and O–H groups in total. The molecule has 0 spiro atoms. The van der Waals surface area contributed by atoms with Crippen LogP contribution in [0.5, 0.6) is 0 Å². The van der Waals surface area contributed by atoms with Gasteiger partial charge in [0.15, 0.2) is 0 Å². The van der Waals surface area contributed by atoms with Crippen molar-refractivity contribution in [1.29, 1.82) is 0 Å². The number of piperidine rings is 1. The Morgan fingerprint density at radius 1 is 1.30 bits per heavy atom. The fourth-order valence-corrected chi connectivity index (χ4v) is 3.85. The van der Waals surface area contributed by atoms with Crippen LogP contribution in [0.15, 0.2) is 10.5 Å². The summed E-state index contributed by atoms with van der Waals surface area (Å²) in [6.07, 6.45) is 3.93. The summed E-state index contributed by atoms with van der Waals surface area (Å²) in [7, 11) is 2.13. The molecule has 1 aromatic heterocycles. The first-order chi connectivity index (χ1) is 10.8. The van der Waals surface area contributed by atoms with E-state index < -0.39 is 0 Å². The van der Waals surface area contributed by atoms with E-state index in [2.05, 4.69) is 42.5 Å². The molecular formula is C18H29N3O2. The molecule has 2 heterocycles. The lowest BCUT2D eigenvalue weighted by Gasteiger charge is -2.35. The first-order valence-electron chi connectivity index (χ1n) is 8.67. The van der Waals surface area contributed by atoms with Gasteiger partial charge in [-0.15, -0.1) is 0 Å². The topological polar surface area (TPSA) is 57.5 Å².